The number of ether oxygens (including phenoxy) is 1. The Hall–Kier alpha value is -2.82. The topological polar surface area (TPSA) is 49.9 Å². The first-order valence-electron chi connectivity index (χ1n) is 11.4. The fraction of sp³-hybridized carbons (Fsp3) is 0.462. The van der Waals surface area contributed by atoms with Gasteiger partial charge in [0.25, 0.3) is 11.8 Å². The zero-order chi connectivity index (χ0) is 21.8. The van der Waals surface area contributed by atoms with E-state index >= 15 is 0 Å². The summed E-state index contributed by atoms with van der Waals surface area (Å²) in [4.78, 5) is 29.4. The molecule has 2 aromatic carbocycles. The third-order valence-electron chi connectivity index (χ3n) is 6.40. The lowest BCUT2D eigenvalue weighted by Crippen LogP contribution is -2.41. The molecule has 5 nitrogen and oxygen atoms in total. The van der Waals surface area contributed by atoms with Gasteiger partial charge in [-0.25, -0.2) is 0 Å². The van der Waals surface area contributed by atoms with Gasteiger partial charge in [0, 0.05) is 43.2 Å². The summed E-state index contributed by atoms with van der Waals surface area (Å²) in [7, 11) is 0. The Labute approximate surface area is 185 Å². The minimum absolute atomic E-state index is 0.108. The first-order valence-corrected chi connectivity index (χ1v) is 11.4. The Morgan fingerprint density at radius 2 is 1.61 bits per heavy atom. The van der Waals surface area contributed by atoms with Gasteiger partial charge in [-0.1, -0.05) is 17.7 Å². The van der Waals surface area contributed by atoms with Gasteiger partial charge in [-0.05, 0) is 75.4 Å². The molecule has 4 rings (SSSR count). The number of hydrogen-bond donors (Lipinski definition) is 0. The van der Waals surface area contributed by atoms with Crippen molar-refractivity contribution in [3.8, 4) is 5.75 Å². The second-order valence-electron chi connectivity index (χ2n) is 8.91. The molecule has 0 unspecified atom stereocenters. The number of hydrogen-bond acceptors (Lipinski definition) is 3. The summed E-state index contributed by atoms with van der Waals surface area (Å²) in [6.45, 7) is 7.86. The average molecular weight is 421 g/mol. The quantitative estimate of drug-likeness (QED) is 0.717. The predicted octanol–water partition coefficient (Wildman–Crippen LogP) is 4.47. The highest BCUT2D eigenvalue weighted by Crippen LogP contribution is 2.23. The number of nitrogens with zero attached hydrogens (tertiary/aromatic N) is 2. The molecule has 0 bridgehead atoms. The number of rotatable bonds is 5. The van der Waals surface area contributed by atoms with Crippen molar-refractivity contribution in [2.45, 2.75) is 39.5 Å². The van der Waals surface area contributed by atoms with Crippen LogP contribution in [0.3, 0.4) is 0 Å². The summed E-state index contributed by atoms with van der Waals surface area (Å²) in [6.07, 6.45) is 4.24. The molecule has 0 radical (unpaired) electrons. The molecule has 0 saturated carbocycles. The van der Waals surface area contributed by atoms with Gasteiger partial charge in [-0.15, -0.1) is 0 Å². The van der Waals surface area contributed by atoms with Gasteiger partial charge < -0.3 is 14.5 Å². The molecular weight excluding hydrogens is 388 g/mol. The molecule has 164 valence electrons. The highest BCUT2D eigenvalue weighted by molar-refractivity contribution is 5.96. The fourth-order valence-electron chi connectivity index (χ4n) is 4.62. The van der Waals surface area contributed by atoms with Gasteiger partial charge in [0.2, 0.25) is 0 Å². The van der Waals surface area contributed by atoms with Crippen LogP contribution in [0.5, 0.6) is 5.75 Å². The molecule has 2 aliphatic rings. The molecule has 0 aromatic heterocycles. The molecule has 2 aromatic rings. The van der Waals surface area contributed by atoms with E-state index in [4.69, 9.17) is 4.74 Å². The highest BCUT2D eigenvalue weighted by atomic mass is 16.5. The Bertz CT molecular complexity index is 932. The van der Waals surface area contributed by atoms with Crippen molar-refractivity contribution in [3.05, 3.63) is 64.7 Å². The van der Waals surface area contributed by atoms with Crippen LogP contribution in [0.1, 0.15) is 57.5 Å². The van der Waals surface area contributed by atoms with E-state index in [0.29, 0.717) is 12.5 Å². The van der Waals surface area contributed by atoms with Crippen LogP contribution in [-0.2, 0) is 0 Å². The molecular formula is C26H32N2O3. The van der Waals surface area contributed by atoms with Crippen LogP contribution in [0, 0.1) is 19.8 Å². The highest BCUT2D eigenvalue weighted by Gasteiger charge is 2.26. The van der Waals surface area contributed by atoms with Gasteiger partial charge in [-0.3, -0.25) is 9.59 Å². The zero-order valence-corrected chi connectivity index (χ0v) is 18.6. The predicted molar refractivity (Wildman–Crippen MR) is 122 cm³/mol. The average Bonchev–Trinajstić information content (AvgIpc) is 3.32. The number of carbonyl (C=O) groups is 2. The molecule has 0 spiro atoms. The maximum atomic E-state index is 13.0. The summed E-state index contributed by atoms with van der Waals surface area (Å²) in [6, 6.07) is 13.5. The molecule has 2 heterocycles. The SMILES string of the molecule is Cc1ccc(C(=O)N2CCC[C@H](COc3ccc(C(=O)N4CCCC4)cc3)C2)c(C)c1. The molecule has 1 atom stereocenters. The number of carbonyl (C=O) groups excluding carboxylic acids is 2. The van der Waals surface area contributed by atoms with Crippen LogP contribution in [0.25, 0.3) is 0 Å². The van der Waals surface area contributed by atoms with E-state index < -0.39 is 0 Å². The minimum atomic E-state index is 0.108. The maximum Gasteiger partial charge on any atom is 0.254 e. The van der Waals surface area contributed by atoms with Gasteiger partial charge >= 0.3 is 0 Å². The van der Waals surface area contributed by atoms with Crippen LogP contribution >= 0.6 is 0 Å². The van der Waals surface area contributed by atoms with Gasteiger partial charge in [0.15, 0.2) is 0 Å². The van der Waals surface area contributed by atoms with Crippen LogP contribution in [-0.4, -0.2) is 54.4 Å². The Morgan fingerprint density at radius 1 is 0.903 bits per heavy atom. The smallest absolute Gasteiger partial charge is 0.254 e. The summed E-state index contributed by atoms with van der Waals surface area (Å²) in [5, 5.41) is 0. The largest absolute Gasteiger partial charge is 0.493 e. The van der Waals surface area contributed by atoms with E-state index in [-0.39, 0.29) is 11.8 Å². The number of amides is 2. The number of benzene rings is 2. The molecule has 0 N–H and O–H groups in total. The van der Waals surface area contributed by atoms with Crippen LogP contribution < -0.4 is 4.74 Å². The van der Waals surface area contributed by atoms with E-state index in [1.807, 2.05) is 60.0 Å². The first kappa shape index (κ1) is 21.4. The Morgan fingerprint density at radius 3 is 2.32 bits per heavy atom. The van der Waals surface area contributed by atoms with Crippen LogP contribution in [0.2, 0.25) is 0 Å². The van der Waals surface area contributed by atoms with E-state index in [1.54, 1.807) is 0 Å². The lowest BCUT2D eigenvalue weighted by atomic mass is 9.97. The van der Waals surface area contributed by atoms with E-state index in [0.717, 1.165) is 74.3 Å². The fourth-order valence-corrected chi connectivity index (χ4v) is 4.62. The number of likely N-dealkylation sites (tertiary alicyclic amines) is 2. The Balaban J connectivity index is 1.31. The monoisotopic (exact) mass is 420 g/mol. The molecule has 5 heteroatoms. The third-order valence-corrected chi connectivity index (χ3v) is 6.40. The van der Waals surface area contributed by atoms with Crippen LogP contribution in [0.4, 0.5) is 0 Å². The maximum absolute atomic E-state index is 13.0. The van der Waals surface area contributed by atoms with Crippen LogP contribution in [0.15, 0.2) is 42.5 Å². The normalized spacial score (nSPS) is 18.8. The molecule has 31 heavy (non-hydrogen) atoms. The third kappa shape index (κ3) is 5.09. The molecule has 2 amide bonds. The zero-order valence-electron chi connectivity index (χ0n) is 18.6. The van der Waals surface area contributed by atoms with Gasteiger partial charge in [0.05, 0.1) is 6.61 Å². The van der Waals surface area contributed by atoms with Crippen molar-refractivity contribution in [2.24, 2.45) is 5.92 Å². The van der Waals surface area contributed by atoms with E-state index in [2.05, 4.69) is 6.07 Å². The summed E-state index contributed by atoms with van der Waals surface area (Å²) in [5.41, 5.74) is 3.72. The Kier molecular flexibility index (Phi) is 6.59. The number of piperidine rings is 1. The van der Waals surface area contributed by atoms with Gasteiger partial charge in [0.1, 0.15) is 5.75 Å². The molecule has 0 aliphatic carbocycles. The summed E-state index contributed by atoms with van der Waals surface area (Å²) < 4.78 is 6.02. The molecule has 2 fully saturated rings. The second kappa shape index (κ2) is 9.54. The van der Waals surface area contributed by atoms with Crippen molar-refractivity contribution in [1.82, 2.24) is 9.80 Å². The van der Waals surface area contributed by atoms with Crippen molar-refractivity contribution in [1.29, 1.82) is 0 Å². The van der Waals surface area contributed by atoms with Crippen molar-refractivity contribution >= 4 is 11.8 Å². The summed E-state index contributed by atoms with van der Waals surface area (Å²) in [5.74, 6) is 1.31. The standard InChI is InChI=1S/C26H32N2O3/c1-19-7-12-24(20(2)16-19)26(30)28-15-5-6-21(17-28)18-31-23-10-8-22(9-11-23)25(29)27-13-3-4-14-27/h7-12,16,21H,3-6,13-15,17-18H2,1-2H3/t21-/m0/s1. The number of aryl methyl sites for hydroxylation is 2. The van der Waals surface area contributed by atoms with Crippen molar-refractivity contribution in [3.63, 3.8) is 0 Å². The minimum Gasteiger partial charge on any atom is -0.493 e. The second-order valence-corrected chi connectivity index (χ2v) is 8.91. The molecule has 2 saturated heterocycles. The summed E-state index contributed by atoms with van der Waals surface area (Å²) >= 11 is 0. The van der Waals surface area contributed by atoms with E-state index in [1.165, 1.54) is 5.56 Å². The molecule has 2 aliphatic heterocycles. The van der Waals surface area contributed by atoms with Gasteiger partial charge in [-0.2, -0.15) is 0 Å². The van der Waals surface area contributed by atoms with E-state index in [9.17, 15) is 9.59 Å². The van der Waals surface area contributed by atoms with Crippen molar-refractivity contribution < 1.29 is 14.3 Å². The lowest BCUT2D eigenvalue weighted by Gasteiger charge is -2.33. The lowest BCUT2D eigenvalue weighted by molar-refractivity contribution is 0.0632. The van der Waals surface area contributed by atoms with Crippen molar-refractivity contribution in [2.75, 3.05) is 32.8 Å². The first-order chi connectivity index (χ1) is 15.0.